The van der Waals surface area contributed by atoms with Gasteiger partial charge in [-0.05, 0) is 60.0 Å². The highest BCUT2D eigenvalue weighted by Crippen LogP contribution is 2.39. The van der Waals surface area contributed by atoms with E-state index < -0.39 is 0 Å². The van der Waals surface area contributed by atoms with Gasteiger partial charge in [0, 0.05) is 18.0 Å². The highest BCUT2D eigenvalue weighted by molar-refractivity contribution is 7.10. The van der Waals surface area contributed by atoms with Crippen molar-refractivity contribution >= 4 is 23.2 Å². The molecule has 0 spiro atoms. The molecule has 6 heteroatoms. The Morgan fingerprint density at radius 1 is 1.12 bits per heavy atom. The van der Waals surface area contributed by atoms with Gasteiger partial charge in [0.15, 0.2) is 5.76 Å². The number of furan rings is 1. The maximum Gasteiger partial charge on any atom is 0.290 e. The first-order valence-corrected chi connectivity index (χ1v) is 12.2. The van der Waals surface area contributed by atoms with Gasteiger partial charge in [0.2, 0.25) is 5.91 Å². The van der Waals surface area contributed by atoms with Crippen molar-refractivity contribution in [3.63, 3.8) is 0 Å². The molecule has 2 aromatic heterocycles. The van der Waals surface area contributed by atoms with Crippen molar-refractivity contribution in [3.05, 3.63) is 81.4 Å². The molecule has 1 aliphatic heterocycles. The molecule has 0 fully saturated rings. The van der Waals surface area contributed by atoms with Gasteiger partial charge in [0.25, 0.3) is 5.91 Å². The minimum absolute atomic E-state index is 0.0218. The fraction of sp³-hybridized carbons (Fsp3) is 0.385. The third-order valence-electron chi connectivity index (χ3n) is 6.15. The predicted molar refractivity (Wildman–Crippen MR) is 127 cm³/mol. The van der Waals surface area contributed by atoms with Crippen LogP contribution in [0.4, 0.5) is 0 Å². The van der Waals surface area contributed by atoms with Crippen LogP contribution in [0.1, 0.15) is 64.4 Å². The van der Waals surface area contributed by atoms with Crippen molar-refractivity contribution in [3.8, 4) is 0 Å². The minimum atomic E-state index is -0.222. The molecule has 32 heavy (non-hydrogen) atoms. The molecule has 1 aromatic carbocycles. The third-order valence-corrected chi connectivity index (χ3v) is 7.14. The molecule has 3 heterocycles. The van der Waals surface area contributed by atoms with E-state index in [9.17, 15) is 9.59 Å². The monoisotopic (exact) mass is 450 g/mol. The van der Waals surface area contributed by atoms with E-state index in [1.54, 1.807) is 28.4 Å². The van der Waals surface area contributed by atoms with Crippen LogP contribution in [0.2, 0.25) is 0 Å². The molecule has 0 bridgehead atoms. The van der Waals surface area contributed by atoms with Crippen LogP contribution in [0.25, 0.3) is 0 Å². The number of hydrogen-bond donors (Lipinski definition) is 0. The lowest BCUT2D eigenvalue weighted by molar-refractivity contribution is -0.134. The normalized spacial score (nSPS) is 15.4. The highest BCUT2D eigenvalue weighted by atomic mass is 32.1. The van der Waals surface area contributed by atoms with Crippen molar-refractivity contribution in [2.45, 2.75) is 45.6 Å². The Bertz CT molecular complexity index is 1060. The summed E-state index contributed by atoms with van der Waals surface area (Å²) in [6, 6.07) is 13.7. The first kappa shape index (κ1) is 22.3. The summed E-state index contributed by atoms with van der Waals surface area (Å²) in [5, 5.41) is 2.11. The molecule has 1 aliphatic rings. The number of aryl methyl sites for hydroxylation is 1. The second-order valence-electron chi connectivity index (χ2n) is 8.31. The molecule has 1 unspecified atom stereocenters. The molecule has 0 saturated carbocycles. The summed E-state index contributed by atoms with van der Waals surface area (Å²) in [5.41, 5.74) is 3.52. The van der Waals surface area contributed by atoms with Crippen LogP contribution in [0.15, 0.2) is 58.5 Å². The van der Waals surface area contributed by atoms with Gasteiger partial charge in [0.1, 0.15) is 6.54 Å². The molecule has 1 atom stereocenters. The van der Waals surface area contributed by atoms with E-state index in [2.05, 4.69) is 37.4 Å². The van der Waals surface area contributed by atoms with Crippen LogP contribution in [0.5, 0.6) is 0 Å². The number of fused-ring (bicyclic) bond motifs is 1. The van der Waals surface area contributed by atoms with Gasteiger partial charge in [0.05, 0.1) is 12.3 Å². The van der Waals surface area contributed by atoms with Crippen molar-refractivity contribution in [2.75, 3.05) is 19.6 Å². The first-order valence-electron chi connectivity index (χ1n) is 11.3. The lowest BCUT2D eigenvalue weighted by atomic mass is 9.90. The molecular formula is C26H30N2O3S. The van der Waals surface area contributed by atoms with Crippen LogP contribution in [-0.2, 0) is 11.2 Å². The van der Waals surface area contributed by atoms with Crippen LogP contribution >= 0.6 is 11.3 Å². The second kappa shape index (κ2) is 10.2. The Hall–Kier alpha value is -2.86. The van der Waals surface area contributed by atoms with Gasteiger partial charge in [-0.25, -0.2) is 0 Å². The quantitative estimate of drug-likeness (QED) is 0.429. The molecule has 4 rings (SSSR count). The van der Waals surface area contributed by atoms with Crippen LogP contribution in [0.3, 0.4) is 0 Å². The van der Waals surface area contributed by atoms with Gasteiger partial charge in [-0.1, -0.05) is 44.0 Å². The average Bonchev–Trinajstić information content (AvgIpc) is 3.50. The molecule has 0 aliphatic carbocycles. The number of thiophene rings is 1. The van der Waals surface area contributed by atoms with Crippen molar-refractivity contribution in [1.82, 2.24) is 9.80 Å². The van der Waals surface area contributed by atoms with Gasteiger partial charge < -0.3 is 14.2 Å². The lowest BCUT2D eigenvalue weighted by Crippen LogP contribution is -2.47. The topological polar surface area (TPSA) is 53.8 Å². The fourth-order valence-electron chi connectivity index (χ4n) is 4.43. The molecule has 3 aromatic rings. The molecule has 2 amide bonds. The summed E-state index contributed by atoms with van der Waals surface area (Å²) in [6.45, 7) is 5.48. The van der Waals surface area contributed by atoms with Crippen molar-refractivity contribution in [2.24, 2.45) is 0 Å². The van der Waals surface area contributed by atoms with Gasteiger partial charge >= 0.3 is 0 Å². The number of hydrogen-bond acceptors (Lipinski definition) is 4. The van der Waals surface area contributed by atoms with E-state index in [4.69, 9.17) is 4.42 Å². The Kier molecular flexibility index (Phi) is 7.10. The zero-order chi connectivity index (χ0) is 22.5. The van der Waals surface area contributed by atoms with E-state index in [1.807, 2.05) is 17.0 Å². The Morgan fingerprint density at radius 3 is 2.72 bits per heavy atom. The van der Waals surface area contributed by atoms with E-state index >= 15 is 0 Å². The Morgan fingerprint density at radius 2 is 1.97 bits per heavy atom. The Labute approximate surface area is 193 Å². The Balaban J connectivity index is 1.60. The second-order valence-corrected chi connectivity index (χ2v) is 9.31. The maximum atomic E-state index is 13.6. The van der Waals surface area contributed by atoms with E-state index in [-0.39, 0.29) is 30.2 Å². The summed E-state index contributed by atoms with van der Waals surface area (Å²) in [6.07, 6.45) is 5.29. The molecule has 0 radical (unpaired) electrons. The van der Waals surface area contributed by atoms with Gasteiger partial charge in [-0.15, -0.1) is 11.3 Å². The maximum absolute atomic E-state index is 13.6. The molecular weight excluding hydrogens is 420 g/mol. The summed E-state index contributed by atoms with van der Waals surface area (Å²) in [4.78, 5) is 31.6. The molecule has 0 saturated heterocycles. The first-order chi connectivity index (χ1) is 15.6. The van der Waals surface area contributed by atoms with E-state index in [0.29, 0.717) is 13.1 Å². The summed E-state index contributed by atoms with van der Waals surface area (Å²) < 4.78 is 5.34. The number of rotatable bonds is 8. The summed E-state index contributed by atoms with van der Waals surface area (Å²) >= 11 is 1.76. The highest BCUT2D eigenvalue weighted by Gasteiger charge is 2.34. The lowest BCUT2D eigenvalue weighted by Gasteiger charge is -2.38. The van der Waals surface area contributed by atoms with E-state index in [1.165, 1.54) is 22.3 Å². The van der Waals surface area contributed by atoms with Crippen LogP contribution < -0.4 is 0 Å². The standard InChI is InChI=1S/C26H30N2O3S/c1-3-4-7-14-27(26(30)22-11-8-16-31-22)18-24(29)28-15-12-23-21(13-17-32-23)25(28)20-10-6-5-9-19(20)2/h5-6,8-11,13,16-17,25H,3-4,7,12,14-15,18H2,1-2H3. The van der Waals surface area contributed by atoms with Crippen LogP contribution in [-0.4, -0.2) is 41.2 Å². The zero-order valence-electron chi connectivity index (χ0n) is 18.8. The minimum Gasteiger partial charge on any atom is -0.459 e. The predicted octanol–water partition coefficient (Wildman–Crippen LogP) is 5.46. The van der Waals surface area contributed by atoms with Gasteiger partial charge in [-0.3, -0.25) is 9.59 Å². The van der Waals surface area contributed by atoms with Gasteiger partial charge in [-0.2, -0.15) is 0 Å². The van der Waals surface area contributed by atoms with Crippen molar-refractivity contribution in [1.29, 1.82) is 0 Å². The number of unbranched alkanes of at least 4 members (excludes halogenated alkanes) is 2. The number of amides is 2. The zero-order valence-corrected chi connectivity index (χ0v) is 19.6. The third kappa shape index (κ3) is 4.65. The summed E-state index contributed by atoms with van der Waals surface area (Å²) in [5.74, 6) is 0.0372. The number of carbonyl (C=O) groups excluding carboxylic acids is 2. The summed E-state index contributed by atoms with van der Waals surface area (Å²) in [7, 11) is 0. The van der Waals surface area contributed by atoms with E-state index in [0.717, 1.165) is 31.2 Å². The number of nitrogens with zero attached hydrogens (tertiary/aromatic N) is 2. The molecule has 5 nitrogen and oxygen atoms in total. The molecule has 168 valence electrons. The van der Waals surface area contributed by atoms with Crippen molar-refractivity contribution < 1.29 is 14.0 Å². The molecule has 0 N–H and O–H groups in total. The fourth-order valence-corrected chi connectivity index (χ4v) is 5.33. The average molecular weight is 451 g/mol. The largest absolute Gasteiger partial charge is 0.459 e. The SMILES string of the molecule is CCCCCN(CC(=O)N1CCc2sccc2C1c1ccccc1C)C(=O)c1ccco1. The smallest absolute Gasteiger partial charge is 0.290 e. The van der Waals surface area contributed by atoms with Crippen LogP contribution in [0, 0.1) is 6.92 Å². The number of carbonyl (C=O) groups is 2. The number of benzene rings is 1.